The van der Waals surface area contributed by atoms with Crippen molar-refractivity contribution in [3.63, 3.8) is 0 Å². The van der Waals surface area contributed by atoms with Gasteiger partial charge in [-0.25, -0.2) is 14.8 Å². The zero-order chi connectivity index (χ0) is 36.7. The summed E-state index contributed by atoms with van der Waals surface area (Å²) in [6.45, 7) is 13.6. The average molecular weight is 740 g/mol. The van der Waals surface area contributed by atoms with E-state index in [4.69, 9.17) is 23.1 Å². The summed E-state index contributed by atoms with van der Waals surface area (Å²) < 4.78 is 37.6. The van der Waals surface area contributed by atoms with Crippen molar-refractivity contribution >= 4 is 49.4 Å². The second-order valence-corrected chi connectivity index (χ2v) is 14.3. The van der Waals surface area contributed by atoms with Crippen LogP contribution in [-0.4, -0.2) is 110 Å². The molecule has 2 aliphatic rings. The minimum Gasteiger partial charge on any atom is -0.462 e. The molecule has 0 spiro atoms. The number of unbranched alkanes of at least 4 members (excludes halogenated alkanes) is 3. The van der Waals surface area contributed by atoms with E-state index >= 15 is 0 Å². The number of hydrogen-bond donors (Lipinski definition) is 4. The fraction of sp³-hybridized carbons (Fsp3) is 0.839. The van der Waals surface area contributed by atoms with Gasteiger partial charge in [-0.2, -0.15) is 16.4 Å². The molecule has 0 aromatic rings. The first-order chi connectivity index (χ1) is 23.4. The van der Waals surface area contributed by atoms with E-state index in [0.717, 1.165) is 31.9 Å². The summed E-state index contributed by atoms with van der Waals surface area (Å²) in [5.41, 5.74) is 2.05. The minimum absolute atomic E-state index is 0.00981. The van der Waals surface area contributed by atoms with Crippen molar-refractivity contribution in [1.82, 2.24) is 26.3 Å². The Hall–Kier alpha value is -2.43. The molecule has 4 N–H and O–H groups in total. The first kappa shape index (κ1) is 44.6. The van der Waals surface area contributed by atoms with E-state index < -0.39 is 38.4 Å². The summed E-state index contributed by atoms with van der Waals surface area (Å²) in [6, 6.07) is 0.293. The summed E-state index contributed by atoms with van der Waals surface area (Å²) in [5.74, 6) is -0.897. The smallest absolute Gasteiger partial charge is 0.462 e. The van der Waals surface area contributed by atoms with Crippen molar-refractivity contribution < 1.29 is 51.7 Å². The van der Waals surface area contributed by atoms with Crippen molar-refractivity contribution in [3.8, 4) is 0 Å². The van der Waals surface area contributed by atoms with Gasteiger partial charge in [-0.15, -0.1) is 0 Å². The number of rotatable bonds is 24. The highest BCUT2D eigenvalue weighted by molar-refractivity contribution is 8.00. The Morgan fingerprint density at radius 1 is 0.898 bits per heavy atom. The topological polar surface area (TPSA) is 200 Å². The van der Waals surface area contributed by atoms with Crippen molar-refractivity contribution in [2.45, 2.75) is 116 Å². The fourth-order valence-electron chi connectivity index (χ4n) is 4.99. The maximum atomic E-state index is 12.8. The van der Waals surface area contributed by atoms with Crippen molar-refractivity contribution in [2.24, 2.45) is 0 Å². The molecule has 2 rings (SSSR count). The van der Waals surface area contributed by atoms with Crippen LogP contribution >= 0.6 is 19.6 Å². The number of carbonyl (C=O) groups excluding carboxylic acids is 5. The van der Waals surface area contributed by atoms with E-state index in [2.05, 4.69) is 47.1 Å². The second kappa shape index (κ2) is 25.5. The Labute approximate surface area is 295 Å². The Morgan fingerprint density at radius 2 is 1.57 bits per heavy atom. The van der Waals surface area contributed by atoms with Gasteiger partial charge in [0.1, 0.15) is 6.61 Å². The molecular formula is C31H58N5O11PS. The predicted octanol–water partition coefficient (Wildman–Crippen LogP) is 3.44. The number of carbonyl (C=O) groups is 5. The van der Waals surface area contributed by atoms with E-state index in [1.807, 2.05) is 11.8 Å². The number of hydrogen-bond acceptors (Lipinski definition) is 13. The van der Waals surface area contributed by atoms with Crippen LogP contribution in [0.25, 0.3) is 0 Å². The number of urea groups is 1. The van der Waals surface area contributed by atoms with Crippen molar-refractivity contribution in [3.05, 3.63) is 0 Å². The highest BCUT2D eigenvalue weighted by atomic mass is 32.2. The van der Waals surface area contributed by atoms with Crippen LogP contribution in [0, 0.1) is 0 Å². The molecule has 2 saturated heterocycles. The number of hydroxylamine groups is 1. The Morgan fingerprint density at radius 3 is 2.18 bits per heavy atom. The summed E-state index contributed by atoms with van der Waals surface area (Å²) in [5, 5.41) is 9.17. The molecule has 2 aliphatic heterocycles. The van der Waals surface area contributed by atoms with Crippen LogP contribution in [-0.2, 0) is 46.9 Å². The molecule has 4 amide bonds. The summed E-state index contributed by atoms with van der Waals surface area (Å²) in [4.78, 5) is 60.3. The molecule has 0 aromatic carbocycles. The van der Waals surface area contributed by atoms with Gasteiger partial charge in [-0.3, -0.25) is 28.2 Å². The van der Waals surface area contributed by atoms with Crippen LogP contribution in [0.3, 0.4) is 0 Å². The molecule has 18 heteroatoms. The van der Waals surface area contributed by atoms with Gasteiger partial charge in [0.25, 0.3) is 0 Å². The molecule has 2 heterocycles. The number of amides is 4. The number of nitrogens with zero attached hydrogens (tertiary/aromatic N) is 1. The van der Waals surface area contributed by atoms with Crippen LogP contribution in [0.4, 0.5) is 4.79 Å². The molecule has 5 atom stereocenters. The van der Waals surface area contributed by atoms with Gasteiger partial charge in [0.05, 0.1) is 25.3 Å². The number of fused-ring (bicyclic) bond motifs is 1. The SMILES string of the molecule is CCN(CC)CC.CCOP(=O)(OCC(COC(C)=O)OC(C)=O)ONC(=O)CCCCCNC(=O)CCCCC1SC[C@@H]2NC(=O)N[C@H]12. The third kappa shape index (κ3) is 20.1. The van der Waals surface area contributed by atoms with Crippen LogP contribution < -0.4 is 21.4 Å². The number of phosphoric ester groups is 1. The standard InChI is InChI=1S/C25H43N4O11PS.C6H15N/c1-4-37-41(35,38-15-19(39-18(3)31)14-36-17(2)30)40-29-23(33)12-6-5-9-13-26-22(32)11-8-7-10-21-24-20(16-42-21)27-25(34)28-24;1-4-7(5-2)6-3/h19-21,24H,4-16H2,1-3H3,(H,26,32)(H,29,33)(H2,27,28,34);4-6H2,1-3H3/t19?,20-,21?,24-,41?;/m0./s1. The zero-order valence-corrected chi connectivity index (χ0v) is 31.6. The molecule has 0 radical (unpaired) electrons. The van der Waals surface area contributed by atoms with Gasteiger partial charge < -0.3 is 30.3 Å². The quantitative estimate of drug-likeness (QED) is 0.0369. The van der Waals surface area contributed by atoms with Gasteiger partial charge >= 0.3 is 25.8 Å². The molecule has 0 aliphatic carbocycles. The molecule has 16 nitrogen and oxygen atoms in total. The number of nitrogens with one attached hydrogen (secondary N) is 4. The molecular weight excluding hydrogens is 681 g/mol. The molecule has 0 bridgehead atoms. The number of phosphoric acid groups is 1. The van der Waals surface area contributed by atoms with E-state index in [-0.39, 0.29) is 43.7 Å². The van der Waals surface area contributed by atoms with E-state index in [0.29, 0.717) is 37.5 Å². The van der Waals surface area contributed by atoms with Crippen LogP contribution in [0.15, 0.2) is 0 Å². The van der Waals surface area contributed by atoms with Gasteiger partial charge in [-0.05, 0) is 52.2 Å². The first-order valence-corrected chi connectivity index (χ1v) is 19.7. The van der Waals surface area contributed by atoms with Crippen molar-refractivity contribution in [2.75, 3.05) is 51.8 Å². The maximum absolute atomic E-state index is 12.8. The average Bonchev–Trinajstić information content (AvgIpc) is 3.61. The lowest BCUT2D eigenvalue weighted by Gasteiger charge is -2.21. The van der Waals surface area contributed by atoms with E-state index in [1.165, 1.54) is 26.6 Å². The lowest BCUT2D eigenvalue weighted by atomic mass is 10.0. The summed E-state index contributed by atoms with van der Waals surface area (Å²) in [7, 11) is -4.24. The normalized spacial score (nSPS) is 19.7. The second-order valence-electron chi connectivity index (χ2n) is 11.5. The largest absolute Gasteiger partial charge is 0.496 e. The van der Waals surface area contributed by atoms with E-state index in [9.17, 15) is 28.5 Å². The molecule has 0 saturated carbocycles. The van der Waals surface area contributed by atoms with Gasteiger partial charge in [0.15, 0.2) is 6.10 Å². The highest BCUT2D eigenvalue weighted by Crippen LogP contribution is 2.48. The summed E-state index contributed by atoms with van der Waals surface area (Å²) in [6.07, 6.45) is 4.02. The van der Waals surface area contributed by atoms with E-state index in [1.54, 1.807) is 6.92 Å². The molecule has 284 valence electrons. The summed E-state index contributed by atoms with van der Waals surface area (Å²) >= 11 is 1.86. The lowest BCUT2D eigenvalue weighted by Crippen LogP contribution is -2.36. The maximum Gasteiger partial charge on any atom is 0.496 e. The number of esters is 2. The highest BCUT2D eigenvalue weighted by Gasteiger charge is 2.42. The third-order valence-corrected chi connectivity index (χ3v) is 10.5. The fourth-order valence-corrected chi connectivity index (χ4v) is 7.59. The Bertz CT molecular complexity index is 1060. The number of thioether (sulfide) groups is 1. The molecule has 0 aromatic heterocycles. The number of ether oxygens (including phenoxy) is 2. The first-order valence-electron chi connectivity index (χ1n) is 17.2. The Balaban J connectivity index is 0.00000154. The van der Waals surface area contributed by atoms with Crippen LogP contribution in [0.2, 0.25) is 0 Å². The third-order valence-electron chi connectivity index (χ3n) is 7.61. The van der Waals surface area contributed by atoms with Gasteiger partial charge in [0.2, 0.25) is 11.8 Å². The van der Waals surface area contributed by atoms with Gasteiger partial charge in [-0.1, -0.05) is 33.6 Å². The lowest BCUT2D eigenvalue weighted by molar-refractivity contribution is -0.158. The van der Waals surface area contributed by atoms with Crippen molar-refractivity contribution in [1.29, 1.82) is 0 Å². The zero-order valence-electron chi connectivity index (χ0n) is 29.9. The van der Waals surface area contributed by atoms with Gasteiger partial charge in [0, 0.05) is 44.2 Å². The minimum atomic E-state index is -4.24. The molecule has 3 unspecified atom stereocenters. The monoisotopic (exact) mass is 739 g/mol. The van der Waals surface area contributed by atoms with Crippen LogP contribution in [0.5, 0.6) is 0 Å². The van der Waals surface area contributed by atoms with Crippen LogP contribution in [0.1, 0.15) is 92.9 Å². The molecule has 2 fully saturated rings. The molecule has 49 heavy (non-hydrogen) atoms. The predicted molar refractivity (Wildman–Crippen MR) is 185 cm³/mol. The Kier molecular flexibility index (Phi) is 23.2.